The minimum Gasteiger partial charge on any atom is -0.492 e. The van der Waals surface area contributed by atoms with Crippen LogP contribution in [-0.2, 0) is 14.8 Å². The Morgan fingerprint density at radius 1 is 1.15 bits per heavy atom. The third-order valence-corrected chi connectivity index (χ3v) is 7.80. The van der Waals surface area contributed by atoms with Gasteiger partial charge in [-0.25, -0.2) is 8.42 Å². The van der Waals surface area contributed by atoms with Gasteiger partial charge in [-0.3, -0.25) is 4.79 Å². The Hall–Kier alpha value is -2.96. The molecule has 1 N–H and O–H groups in total. The van der Waals surface area contributed by atoms with Crippen LogP contribution >= 0.6 is 11.8 Å². The summed E-state index contributed by atoms with van der Waals surface area (Å²) >= 11 is 1.17. The molecule has 0 spiro atoms. The number of hydrogen-bond acceptors (Lipinski definition) is 8. The zero-order valence-corrected chi connectivity index (χ0v) is 19.7. The zero-order chi connectivity index (χ0) is 23.3. The third kappa shape index (κ3) is 5.34. The maximum absolute atomic E-state index is 12.8. The van der Waals surface area contributed by atoms with Gasteiger partial charge in [0.2, 0.25) is 21.1 Å². The van der Waals surface area contributed by atoms with Gasteiger partial charge in [0.15, 0.2) is 0 Å². The summed E-state index contributed by atoms with van der Waals surface area (Å²) in [6.45, 7) is 3.44. The Kier molecular flexibility index (Phi) is 7.26. The summed E-state index contributed by atoms with van der Waals surface area (Å²) in [4.78, 5) is 12.7. The summed E-state index contributed by atoms with van der Waals surface area (Å²) in [5, 5.41) is 14.9. The molecule has 0 radical (unpaired) electrons. The van der Waals surface area contributed by atoms with E-state index < -0.39 is 10.0 Å². The average molecular weight is 489 g/mol. The van der Waals surface area contributed by atoms with Gasteiger partial charge < -0.3 is 10.1 Å². The predicted octanol–water partition coefficient (Wildman–Crippen LogP) is 2.58. The number of benzene rings is 2. The Bertz CT molecular complexity index is 1220. The van der Waals surface area contributed by atoms with Gasteiger partial charge >= 0.3 is 0 Å². The lowest BCUT2D eigenvalue weighted by atomic mass is 10.3. The summed E-state index contributed by atoms with van der Waals surface area (Å²) in [5.41, 5.74) is 1.09. The molecule has 1 aromatic heterocycles. The number of nitrogens with one attached hydrogen (secondary N) is 1. The number of nitrogens with zero attached hydrogens (tertiary/aromatic N) is 5. The maximum Gasteiger partial charge on any atom is 0.243 e. The molecule has 0 saturated carbocycles. The van der Waals surface area contributed by atoms with E-state index in [4.69, 9.17) is 4.74 Å². The Morgan fingerprint density at radius 3 is 2.73 bits per heavy atom. The van der Waals surface area contributed by atoms with Crippen molar-refractivity contribution < 1.29 is 17.9 Å². The highest BCUT2D eigenvalue weighted by Gasteiger charge is 2.27. The standard InChI is InChI=1S/C21H24N6O4S2/c1-2-31-19-11-4-3-10-18(19)27-21(23-24-25-27)32-15-20(28)22-16-8-7-9-17(14-16)33(29,30)26-12-5-6-13-26/h3-4,7-11,14H,2,5-6,12-13,15H2,1H3,(H,22,28). The van der Waals surface area contributed by atoms with Crippen molar-refractivity contribution in [2.45, 2.75) is 29.8 Å². The highest BCUT2D eigenvalue weighted by molar-refractivity contribution is 7.99. The lowest BCUT2D eigenvalue weighted by Gasteiger charge is -2.16. The number of tetrazole rings is 1. The molecule has 0 bridgehead atoms. The van der Waals surface area contributed by atoms with Crippen molar-refractivity contribution in [2.75, 3.05) is 30.8 Å². The van der Waals surface area contributed by atoms with E-state index in [0.29, 0.717) is 42.0 Å². The molecule has 174 valence electrons. The van der Waals surface area contributed by atoms with Crippen molar-refractivity contribution in [1.82, 2.24) is 24.5 Å². The summed E-state index contributed by atoms with van der Waals surface area (Å²) in [6, 6.07) is 13.7. The number of rotatable bonds is 9. The topological polar surface area (TPSA) is 119 Å². The van der Waals surface area contributed by atoms with E-state index in [2.05, 4.69) is 20.8 Å². The van der Waals surface area contributed by atoms with Crippen LogP contribution in [0.2, 0.25) is 0 Å². The molecule has 2 heterocycles. The third-order valence-electron chi connectivity index (χ3n) is 4.99. The van der Waals surface area contributed by atoms with Crippen LogP contribution in [0.15, 0.2) is 58.6 Å². The van der Waals surface area contributed by atoms with Gasteiger partial charge in [-0.05, 0) is 60.5 Å². The van der Waals surface area contributed by atoms with Crippen LogP contribution < -0.4 is 10.1 Å². The molecule has 1 amide bonds. The Balaban J connectivity index is 1.42. The van der Waals surface area contributed by atoms with E-state index in [1.54, 1.807) is 18.2 Å². The summed E-state index contributed by atoms with van der Waals surface area (Å²) in [5.74, 6) is 0.373. The van der Waals surface area contributed by atoms with Gasteiger partial charge in [0, 0.05) is 18.8 Å². The smallest absolute Gasteiger partial charge is 0.243 e. The molecule has 1 saturated heterocycles. The fraction of sp³-hybridized carbons (Fsp3) is 0.333. The molecule has 33 heavy (non-hydrogen) atoms. The van der Waals surface area contributed by atoms with Gasteiger partial charge in [0.25, 0.3) is 0 Å². The molecule has 1 aliphatic rings. The van der Waals surface area contributed by atoms with Crippen LogP contribution in [0.3, 0.4) is 0 Å². The zero-order valence-electron chi connectivity index (χ0n) is 18.0. The van der Waals surface area contributed by atoms with Crippen molar-refractivity contribution in [3.8, 4) is 11.4 Å². The van der Waals surface area contributed by atoms with Crippen LogP contribution in [-0.4, -0.2) is 64.3 Å². The number of amides is 1. The molecule has 4 rings (SSSR count). The summed E-state index contributed by atoms with van der Waals surface area (Å²) < 4.78 is 34.2. The second-order valence-corrected chi connectivity index (χ2v) is 10.1. The first kappa shape index (κ1) is 23.2. The first-order chi connectivity index (χ1) is 16.0. The van der Waals surface area contributed by atoms with Crippen molar-refractivity contribution in [2.24, 2.45) is 0 Å². The van der Waals surface area contributed by atoms with Crippen molar-refractivity contribution >= 4 is 33.4 Å². The average Bonchev–Trinajstić information content (AvgIpc) is 3.51. The van der Waals surface area contributed by atoms with Gasteiger partial charge in [0.1, 0.15) is 11.4 Å². The van der Waals surface area contributed by atoms with E-state index in [0.717, 1.165) is 12.8 Å². The van der Waals surface area contributed by atoms with Crippen LogP contribution in [0.1, 0.15) is 19.8 Å². The molecule has 1 fully saturated rings. The van der Waals surface area contributed by atoms with Crippen LogP contribution in [0.5, 0.6) is 5.75 Å². The number of ether oxygens (including phenoxy) is 1. The molecule has 2 aromatic carbocycles. The summed E-state index contributed by atoms with van der Waals surface area (Å²) in [6.07, 6.45) is 1.72. The van der Waals surface area contributed by atoms with Crippen LogP contribution in [0.4, 0.5) is 5.69 Å². The summed E-state index contributed by atoms with van der Waals surface area (Å²) in [7, 11) is -3.55. The molecule has 3 aromatic rings. The number of carbonyl (C=O) groups is 1. The quantitative estimate of drug-likeness (QED) is 0.457. The van der Waals surface area contributed by atoms with E-state index in [1.165, 1.54) is 26.8 Å². The van der Waals surface area contributed by atoms with E-state index in [9.17, 15) is 13.2 Å². The molecule has 10 nitrogen and oxygen atoms in total. The Labute approximate surface area is 196 Å². The molecule has 0 atom stereocenters. The normalized spacial score (nSPS) is 14.3. The first-order valence-electron chi connectivity index (χ1n) is 10.5. The number of hydrogen-bond donors (Lipinski definition) is 1. The van der Waals surface area contributed by atoms with Gasteiger partial charge in [-0.2, -0.15) is 8.99 Å². The minimum atomic E-state index is -3.55. The largest absolute Gasteiger partial charge is 0.492 e. The van der Waals surface area contributed by atoms with E-state index >= 15 is 0 Å². The van der Waals surface area contributed by atoms with Crippen molar-refractivity contribution in [3.05, 3.63) is 48.5 Å². The molecule has 0 aliphatic carbocycles. The number of anilines is 1. The molecular weight excluding hydrogens is 464 g/mol. The van der Waals surface area contributed by atoms with Gasteiger partial charge in [0.05, 0.1) is 17.3 Å². The number of sulfonamides is 1. The van der Waals surface area contributed by atoms with Crippen LogP contribution in [0, 0.1) is 0 Å². The highest BCUT2D eigenvalue weighted by Crippen LogP contribution is 2.26. The van der Waals surface area contributed by atoms with Crippen molar-refractivity contribution in [3.63, 3.8) is 0 Å². The number of aromatic nitrogens is 4. The monoisotopic (exact) mass is 488 g/mol. The van der Waals surface area contributed by atoms with Crippen molar-refractivity contribution in [1.29, 1.82) is 0 Å². The molecule has 1 aliphatic heterocycles. The van der Waals surface area contributed by atoms with E-state index in [-0.39, 0.29) is 16.6 Å². The second-order valence-electron chi connectivity index (χ2n) is 7.25. The van der Waals surface area contributed by atoms with E-state index in [1.807, 2.05) is 31.2 Å². The lowest BCUT2D eigenvalue weighted by Crippen LogP contribution is -2.28. The number of thioether (sulfide) groups is 1. The SMILES string of the molecule is CCOc1ccccc1-n1nnnc1SCC(=O)Nc1cccc(S(=O)(=O)N2CCCC2)c1. The van der Waals surface area contributed by atoms with Crippen LogP contribution in [0.25, 0.3) is 5.69 Å². The molecule has 12 heteroatoms. The van der Waals surface area contributed by atoms with Gasteiger partial charge in [-0.15, -0.1) is 5.10 Å². The number of carbonyl (C=O) groups excluding carboxylic acids is 1. The minimum absolute atomic E-state index is 0.0419. The fourth-order valence-electron chi connectivity index (χ4n) is 3.47. The molecular formula is C21H24N6O4S2. The highest BCUT2D eigenvalue weighted by atomic mass is 32.2. The second kappa shape index (κ2) is 10.3. The van der Waals surface area contributed by atoms with Gasteiger partial charge in [-0.1, -0.05) is 30.0 Å². The predicted molar refractivity (Wildman–Crippen MR) is 124 cm³/mol. The fourth-order valence-corrected chi connectivity index (χ4v) is 5.72. The Morgan fingerprint density at radius 2 is 1.94 bits per heavy atom. The maximum atomic E-state index is 12.8. The number of para-hydroxylation sites is 2. The molecule has 0 unspecified atom stereocenters. The lowest BCUT2D eigenvalue weighted by molar-refractivity contribution is -0.113. The first-order valence-corrected chi connectivity index (χ1v) is 12.9.